The summed E-state index contributed by atoms with van der Waals surface area (Å²) < 4.78 is 54.8. The van der Waals surface area contributed by atoms with Crippen molar-refractivity contribution in [3.05, 3.63) is 65.7 Å². The van der Waals surface area contributed by atoms with Crippen LogP contribution >= 0.6 is 0 Å². The molecule has 0 saturated carbocycles. The summed E-state index contributed by atoms with van der Waals surface area (Å²) in [5.41, 5.74) is -1.39. The molecular weight excluding hydrogens is 288 g/mol. The van der Waals surface area contributed by atoms with Gasteiger partial charge in [0.05, 0.1) is 0 Å². The minimum Gasteiger partial charge on any atom is -0.465 e. The summed E-state index contributed by atoms with van der Waals surface area (Å²) in [6.45, 7) is 0. The molecule has 106 valence electrons. The van der Waals surface area contributed by atoms with E-state index in [1.54, 1.807) is 18.2 Å². The van der Waals surface area contributed by atoms with Crippen molar-refractivity contribution < 1.29 is 21.9 Å². The van der Waals surface area contributed by atoms with Crippen molar-refractivity contribution in [3.8, 4) is 5.75 Å². The van der Waals surface area contributed by atoms with Crippen LogP contribution < -0.4 is 9.88 Å². The van der Waals surface area contributed by atoms with Gasteiger partial charge >= 0.3 is 0 Å². The van der Waals surface area contributed by atoms with Crippen molar-refractivity contribution in [3.63, 3.8) is 0 Å². The number of hydrogen-bond donors (Lipinski definition) is 1. The highest BCUT2D eigenvalue weighted by atomic mass is 32.2. The molecule has 0 aliphatic heterocycles. The molecule has 2 rings (SSSR count). The maximum absolute atomic E-state index is 13.5. The van der Waals surface area contributed by atoms with Crippen LogP contribution in [-0.4, -0.2) is 8.42 Å². The standard InChI is InChI=1S/C13H11F2NO3S/c14-10-7-4-8-11(12(10)15)19-13(20(16,17)18)9-5-2-1-3-6-9/h1-8,13H,(H2,16,17,18). The lowest BCUT2D eigenvalue weighted by molar-refractivity contribution is 0.262. The molecule has 0 aliphatic rings. The van der Waals surface area contributed by atoms with Crippen molar-refractivity contribution in [2.45, 2.75) is 5.44 Å². The minimum absolute atomic E-state index is 0.221. The Morgan fingerprint density at radius 3 is 2.25 bits per heavy atom. The highest BCUT2D eigenvalue weighted by Crippen LogP contribution is 2.28. The molecular formula is C13H11F2NO3S. The lowest BCUT2D eigenvalue weighted by Gasteiger charge is -2.17. The second kappa shape index (κ2) is 5.56. The van der Waals surface area contributed by atoms with Gasteiger partial charge in [0.15, 0.2) is 11.6 Å². The average Bonchev–Trinajstić information content (AvgIpc) is 2.40. The van der Waals surface area contributed by atoms with E-state index in [9.17, 15) is 17.2 Å². The number of ether oxygens (including phenoxy) is 1. The number of hydrogen-bond acceptors (Lipinski definition) is 3. The molecule has 0 fully saturated rings. The third kappa shape index (κ3) is 3.12. The zero-order chi connectivity index (χ0) is 14.8. The van der Waals surface area contributed by atoms with Crippen molar-refractivity contribution >= 4 is 10.0 Å². The van der Waals surface area contributed by atoms with Crippen LogP contribution in [0.3, 0.4) is 0 Å². The van der Waals surface area contributed by atoms with Crippen LogP contribution in [0.15, 0.2) is 48.5 Å². The quantitative estimate of drug-likeness (QED) is 0.942. The molecule has 2 aromatic rings. The summed E-state index contributed by atoms with van der Waals surface area (Å²) in [4.78, 5) is 0. The van der Waals surface area contributed by atoms with E-state index < -0.39 is 32.8 Å². The van der Waals surface area contributed by atoms with Gasteiger partial charge in [-0.2, -0.15) is 4.39 Å². The SMILES string of the molecule is NS(=O)(=O)C(Oc1cccc(F)c1F)c1ccccc1. The predicted octanol–water partition coefficient (Wildman–Crippen LogP) is 2.33. The summed E-state index contributed by atoms with van der Waals surface area (Å²) in [5, 5.41) is 5.08. The second-order valence-electron chi connectivity index (χ2n) is 4.00. The lowest BCUT2D eigenvalue weighted by atomic mass is 10.2. The van der Waals surface area contributed by atoms with Crippen molar-refractivity contribution in [2.24, 2.45) is 5.14 Å². The number of sulfonamides is 1. The summed E-state index contributed by atoms with van der Waals surface area (Å²) in [6, 6.07) is 11.0. The third-order valence-corrected chi connectivity index (χ3v) is 3.49. The number of halogens is 2. The van der Waals surface area contributed by atoms with Gasteiger partial charge in [0, 0.05) is 5.56 Å². The van der Waals surface area contributed by atoms with Gasteiger partial charge in [-0.15, -0.1) is 0 Å². The third-order valence-electron chi connectivity index (χ3n) is 2.52. The Hall–Kier alpha value is -1.99. The molecule has 1 unspecified atom stereocenters. The first kappa shape index (κ1) is 14.4. The largest absolute Gasteiger partial charge is 0.465 e. The van der Waals surface area contributed by atoms with E-state index in [0.717, 1.165) is 12.1 Å². The number of benzene rings is 2. The van der Waals surface area contributed by atoms with Crippen LogP contribution in [0, 0.1) is 11.6 Å². The van der Waals surface area contributed by atoms with E-state index in [-0.39, 0.29) is 5.56 Å². The Bertz CT molecular complexity index is 705. The van der Waals surface area contributed by atoms with Gasteiger partial charge in [-0.3, -0.25) is 0 Å². The zero-order valence-corrected chi connectivity index (χ0v) is 11.0. The van der Waals surface area contributed by atoms with E-state index in [2.05, 4.69) is 0 Å². The highest BCUT2D eigenvalue weighted by Gasteiger charge is 2.27. The molecule has 1 atom stereocenters. The van der Waals surface area contributed by atoms with Crippen LogP contribution in [0.4, 0.5) is 8.78 Å². The maximum Gasteiger partial charge on any atom is 0.251 e. The molecule has 4 nitrogen and oxygen atoms in total. The van der Waals surface area contributed by atoms with E-state index in [1.807, 2.05) is 0 Å². The van der Waals surface area contributed by atoms with Crippen molar-refractivity contribution in [2.75, 3.05) is 0 Å². The van der Waals surface area contributed by atoms with Gasteiger partial charge in [0.2, 0.25) is 11.3 Å². The summed E-state index contributed by atoms with van der Waals surface area (Å²) in [5.74, 6) is -2.92. The Morgan fingerprint density at radius 1 is 1.00 bits per heavy atom. The zero-order valence-electron chi connectivity index (χ0n) is 10.2. The van der Waals surface area contributed by atoms with E-state index in [0.29, 0.717) is 0 Å². The first-order valence-electron chi connectivity index (χ1n) is 5.57. The van der Waals surface area contributed by atoms with Gasteiger partial charge in [-0.25, -0.2) is 17.9 Å². The first-order chi connectivity index (χ1) is 9.39. The number of primary sulfonamides is 1. The van der Waals surface area contributed by atoms with Crippen LogP contribution in [0.5, 0.6) is 5.75 Å². The molecule has 20 heavy (non-hydrogen) atoms. The van der Waals surface area contributed by atoms with Crippen LogP contribution in [-0.2, 0) is 10.0 Å². The maximum atomic E-state index is 13.5. The molecule has 0 bridgehead atoms. The van der Waals surface area contributed by atoms with Gasteiger partial charge in [0.1, 0.15) is 0 Å². The smallest absolute Gasteiger partial charge is 0.251 e. The molecule has 0 aliphatic carbocycles. The van der Waals surface area contributed by atoms with E-state index in [1.165, 1.54) is 18.2 Å². The predicted molar refractivity (Wildman–Crippen MR) is 69.3 cm³/mol. The molecule has 7 heteroatoms. The Morgan fingerprint density at radius 2 is 1.65 bits per heavy atom. The summed E-state index contributed by atoms with van der Waals surface area (Å²) >= 11 is 0. The molecule has 0 radical (unpaired) electrons. The minimum atomic E-state index is -4.16. The fourth-order valence-corrected chi connectivity index (χ4v) is 2.40. The average molecular weight is 299 g/mol. The number of nitrogens with two attached hydrogens (primary N) is 1. The second-order valence-corrected chi connectivity index (χ2v) is 5.61. The van der Waals surface area contributed by atoms with Crippen LogP contribution in [0.1, 0.15) is 11.0 Å². The summed E-state index contributed by atoms with van der Waals surface area (Å²) in [6.07, 6.45) is 0. The van der Waals surface area contributed by atoms with Crippen molar-refractivity contribution in [1.29, 1.82) is 0 Å². The monoisotopic (exact) mass is 299 g/mol. The number of rotatable bonds is 4. The Labute approximate surface area is 114 Å². The Kier molecular flexibility index (Phi) is 4.01. The van der Waals surface area contributed by atoms with E-state index >= 15 is 0 Å². The molecule has 0 aromatic heterocycles. The lowest BCUT2D eigenvalue weighted by Crippen LogP contribution is -2.26. The normalized spacial score (nSPS) is 12.9. The molecule has 0 saturated heterocycles. The highest BCUT2D eigenvalue weighted by molar-refractivity contribution is 7.89. The fraction of sp³-hybridized carbons (Fsp3) is 0.0769. The van der Waals surface area contributed by atoms with Gasteiger partial charge in [0.25, 0.3) is 10.0 Å². The molecule has 2 aromatic carbocycles. The first-order valence-corrected chi connectivity index (χ1v) is 7.18. The van der Waals surface area contributed by atoms with E-state index in [4.69, 9.17) is 9.88 Å². The summed E-state index contributed by atoms with van der Waals surface area (Å²) in [7, 11) is -4.16. The molecule has 0 heterocycles. The topological polar surface area (TPSA) is 69.4 Å². The molecule has 0 amide bonds. The van der Waals surface area contributed by atoms with Gasteiger partial charge in [-0.05, 0) is 12.1 Å². The Balaban J connectivity index is 2.42. The fourth-order valence-electron chi connectivity index (χ4n) is 1.63. The van der Waals surface area contributed by atoms with Crippen molar-refractivity contribution in [1.82, 2.24) is 0 Å². The van der Waals surface area contributed by atoms with Crippen LogP contribution in [0.25, 0.3) is 0 Å². The molecule has 2 N–H and O–H groups in total. The van der Waals surface area contributed by atoms with Gasteiger partial charge < -0.3 is 4.74 Å². The van der Waals surface area contributed by atoms with Crippen LogP contribution in [0.2, 0.25) is 0 Å². The molecule has 0 spiro atoms. The van der Waals surface area contributed by atoms with Gasteiger partial charge in [-0.1, -0.05) is 36.4 Å².